The van der Waals surface area contributed by atoms with Crippen LogP contribution in [0.2, 0.25) is 0 Å². The molecule has 1 saturated heterocycles. The highest BCUT2D eigenvalue weighted by Crippen LogP contribution is 2.19. The molecule has 0 bridgehead atoms. The van der Waals surface area contributed by atoms with Gasteiger partial charge in [-0.15, -0.1) is 0 Å². The molecular weight excluding hydrogens is 258 g/mol. The number of benzene rings is 1. The lowest BCUT2D eigenvalue weighted by atomic mass is 10.1. The minimum Gasteiger partial charge on any atom is -0.389 e. The second kappa shape index (κ2) is 6.02. The summed E-state index contributed by atoms with van der Waals surface area (Å²) in [5.74, 6) is -0.653. The summed E-state index contributed by atoms with van der Waals surface area (Å²) in [5.41, 5.74) is 4.49. The molecule has 0 aromatic heterocycles. The van der Waals surface area contributed by atoms with E-state index in [1.807, 2.05) is 11.0 Å². The highest BCUT2D eigenvalue weighted by molar-refractivity contribution is 5.95. The van der Waals surface area contributed by atoms with E-state index in [0.717, 1.165) is 0 Å². The van der Waals surface area contributed by atoms with Crippen molar-refractivity contribution in [3.05, 3.63) is 35.9 Å². The summed E-state index contributed by atoms with van der Waals surface area (Å²) in [7, 11) is 0. The predicted octanol–water partition coefficient (Wildman–Crippen LogP) is -0.0957. The van der Waals surface area contributed by atoms with Crippen molar-refractivity contribution < 1.29 is 14.7 Å². The van der Waals surface area contributed by atoms with Crippen molar-refractivity contribution in [1.29, 1.82) is 0 Å². The summed E-state index contributed by atoms with van der Waals surface area (Å²) in [4.78, 5) is 25.3. The third-order valence-electron chi connectivity index (χ3n) is 3.25. The maximum atomic E-state index is 11.7. The molecule has 1 aromatic carbocycles. The summed E-state index contributed by atoms with van der Waals surface area (Å²) < 4.78 is 0. The van der Waals surface area contributed by atoms with Crippen LogP contribution in [0, 0.1) is 0 Å². The molecule has 1 aliphatic rings. The van der Waals surface area contributed by atoms with E-state index in [2.05, 4.69) is 10.9 Å². The molecule has 2 amide bonds. The van der Waals surface area contributed by atoms with Gasteiger partial charge in [-0.05, 0) is 25.5 Å². The van der Waals surface area contributed by atoms with E-state index >= 15 is 0 Å². The van der Waals surface area contributed by atoms with Crippen molar-refractivity contribution in [2.45, 2.75) is 18.9 Å². The molecule has 0 saturated carbocycles. The Balaban J connectivity index is 1.74. The molecule has 1 atom stereocenters. The van der Waals surface area contributed by atoms with Gasteiger partial charge in [-0.3, -0.25) is 25.3 Å². The largest absolute Gasteiger partial charge is 0.389 e. The van der Waals surface area contributed by atoms with Crippen LogP contribution in [0.5, 0.6) is 0 Å². The van der Waals surface area contributed by atoms with Gasteiger partial charge in [0.2, 0.25) is 0 Å². The third-order valence-corrected chi connectivity index (χ3v) is 3.25. The molecule has 6 heteroatoms. The number of likely N-dealkylation sites (tertiary alicyclic amines) is 1. The van der Waals surface area contributed by atoms with Gasteiger partial charge in [0.15, 0.2) is 0 Å². The highest BCUT2D eigenvalue weighted by Gasteiger charge is 2.31. The number of nitrogens with one attached hydrogen (secondary N) is 2. The number of carbonyl (C=O) groups excluding carboxylic acids is 2. The van der Waals surface area contributed by atoms with Gasteiger partial charge in [0, 0.05) is 18.7 Å². The monoisotopic (exact) mass is 277 g/mol. The van der Waals surface area contributed by atoms with Crippen LogP contribution < -0.4 is 10.9 Å². The number of β-amino-alcohol motifs (C(OH)–C–C–N with tert-alkyl or cyclic N) is 1. The van der Waals surface area contributed by atoms with Gasteiger partial charge in [-0.25, -0.2) is 0 Å². The van der Waals surface area contributed by atoms with Gasteiger partial charge < -0.3 is 5.11 Å². The summed E-state index contributed by atoms with van der Waals surface area (Å²) in [6.07, 6.45) is 0.649. The van der Waals surface area contributed by atoms with E-state index in [4.69, 9.17) is 0 Å². The molecule has 1 fully saturated rings. The fraction of sp³-hybridized carbons (Fsp3) is 0.429. The first-order chi connectivity index (χ1) is 9.46. The Morgan fingerprint density at radius 2 is 2.00 bits per heavy atom. The third kappa shape index (κ3) is 4.04. The number of carbonyl (C=O) groups is 2. The lowest BCUT2D eigenvalue weighted by Gasteiger charge is -2.18. The van der Waals surface area contributed by atoms with Crippen molar-refractivity contribution in [3.63, 3.8) is 0 Å². The Kier molecular flexibility index (Phi) is 4.36. The topological polar surface area (TPSA) is 81.7 Å². The molecule has 0 aliphatic carbocycles. The number of hydrazine groups is 1. The van der Waals surface area contributed by atoms with Crippen LogP contribution in [-0.4, -0.2) is 47.1 Å². The van der Waals surface area contributed by atoms with Crippen molar-refractivity contribution >= 4 is 11.8 Å². The SMILES string of the molecule is CC1(O)CCN(CC(=O)NNC(=O)c2ccccc2)C1. The molecule has 2 rings (SSSR count). The van der Waals surface area contributed by atoms with Crippen molar-refractivity contribution in [3.8, 4) is 0 Å². The highest BCUT2D eigenvalue weighted by atomic mass is 16.3. The van der Waals surface area contributed by atoms with Crippen molar-refractivity contribution in [1.82, 2.24) is 15.8 Å². The molecule has 1 heterocycles. The van der Waals surface area contributed by atoms with Crippen molar-refractivity contribution in [2.24, 2.45) is 0 Å². The van der Waals surface area contributed by atoms with Gasteiger partial charge >= 0.3 is 0 Å². The Labute approximate surface area is 117 Å². The fourth-order valence-corrected chi connectivity index (χ4v) is 2.20. The molecule has 1 unspecified atom stereocenters. The summed E-state index contributed by atoms with van der Waals surface area (Å²) in [6, 6.07) is 8.65. The lowest BCUT2D eigenvalue weighted by molar-refractivity contribution is -0.122. The van der Waals surface area contributed by atoms with Crippen LogP contribution in [0.15, 0.2) is 30.3 Å². The van der Waals surface area contributed by atoms with Crippen LogP contribution in [0.4, 0.5) is 0 Å². The second-order valence-electron chi connectivity index (χ2n) is 5.33. The number of hydrogen-bond acceptors (Lipinski definition) is 4. The zero-order chi connectivity index (χ0) is 14.6. The molecular formula is C14H19N3O3. The van der Waals surface area contributed by atoms with E-state index in [1.165, 1.54) is 0 Å². The Morgan fingerprint density at radius 3 is 2.60 bits per heavy atom. The first-order valence-corrected chi connectivity index (χ1v) is 6.55. The van der Waals surface area contributed by atoms with Crippen LogP contribution in [0.3, 0.4) is 0 Å². The number of nitrogens with zero attached hydrogens (tertiary/aromatic N) is 1. The average Bonchev–Trinajstić information content (AvgIpc) is 2.76. The van der Waals surface area contributed by atoms with Crippen LogP contribution >= 0.6 is 0 Å². The zero-order valence-electron chi connectivity index (χ0n) is 11.4. The van der Waals surface area contributed by atoms with E-state index in [0.29, 0.717) is 25.1 Å². The number of amides is 2. The molecule has 1 aliphatic heterocycles. The van der Waals surface area contributed by atoms with E-state index in [1.54, 1.807) is 31.2 Å². The van der Waals surface area contributed by atoms with Crippen LogP contribution in [-0.2, 0) is 4.79 Å². The lowest BCUT2D eigenvalue weighted by Crippen LogP contribution is -2.46. The number of aliphatic hydroxyl groups is 1. The van der Waals surface area contributed by atoms with Gasteiger partial charge in [-0.1, -0.05) is 18.2 Å². The van der Waals surface area contributed by atoms with E-state index < -0.39 is 5.60 Å². The molecule has 3 N–H and O–H groups in total. The first kappa shape index (κ1) is 14.5. The quantitative estimate of drug-likeness (QED) is 0.674. The van der Waals surface area contributed by atoms with Crippen LogP contribution in [0.25, 0.3) is 0 Å². The zero-order valence-corrected chi connectivity index (χ0v) is 11.4. The molecule has 6 nitrogen and oxygen atoms in total. The second-order valence-corrected chi connectivity index (χ2v) is 5.33. The van der Waals surface area contributed by atoms with Crippen LogP contribution in [0.1, 0.15) is 23.7 Å². The minimum absolute atomic E-state index is 0.158. The number of rotatable bonds is 3. The van der Waals surface area contributed by atoms with Gasteiger partial charge in [-0.2, -0.15) is 0 Å². The maximum absolute atomic E-state index is 11.7. The van der Waals surface area contributed by atoms with Gasteiger partial charge in [0.25, 0.3) is 11.8 Å². The van der Waals surface area contributed by atoms with E-state index in [9.17, 15) is 14.7 Å². The van der Waals surface area contributed by atoms with Gasteiger partial charge in [0.05, 0.1) is 12.1 Å². The molecule has 0 spiro atoms. The molecule has 20 heavy (non-hydrogen) atoms. The average molecular weight is 277 g/mol. The van der Waals surface area contributed by atoms with Gasteiger partial charge in [0.1, 0.15) is 0 Å². The normalized spacial score (nSPS) is 22.5. The predicted molar refractivity (Wildman–Crippen MR) is 73.7 cm³/mol. The standard InChI is InChI=1S/C14H19N3O3/c1-14(20)7-8-17(10-14)9-12(18)15-16-13(19)11-5-3-2-4-6-11/h2-6,20H,7-10H2,1H3,(H,15,18)(H,16,19). The fourth-order valence-electron chi connectivity index (χ4n) is 2.20. The summed E-state index contributed by atoms with van der Waals surface area (Å²) in [5, 5.41) is 9.80. The maximum Gasteiger partial charge on any atom is 0.269 e. The Morgan fingerprint density at radius 1 is 1.30 bits per heavy atom. The summed E-state index contributed by atoms with van der Waals surface area (Å²) >= 11 is 0. The Bertz CT molecular complexity index is 488. The van der Waals surface area contributed by atoms with E-state index in [-0.39, 0.29) is 18.4 Å². The minimum atomic E-state index is -0.729. The van der Waals surface area contributed by atoms with Crippen molar-refractivity contribution in [2.75, 3.05) is 19.6 Å². The molecule has 1 aromatic rings. The molecule has 108 valence electrons. The summed E-state index contributed by atoms with van der Waals surface area (Å²) in [6.45, 7) is 3.05. The Hall–Kier alpha value is -1.92. The smallest absolute Gasteiger partial charge is 0.269 e. The molecule has 0 radical (unpaired) electrons. The number of hydrogen-bond donors (Lipinski definition) is 3. The first-order valence-electron chi connectivity index (χ1n) is 6.55.